The molecule has 9 nitrogen and oxygen atoms in total. The number of fused-ring (bicyclic) bond motifs is 1. The molecule has 9 heteroatoms. The average molecular weight is 466 g/mol. The van der Waals surface area contributed by atoms with Gasteiger partial charge in [0.25, 0.3) is 5.91 Å². The van der Waals surface area contributed by atoms with Gasteiger partial charge in [0.1, 0.15) is 5.58 Å². The maximum atomic E-state index is 13.1. The molecule has 178 valence electrons. The summed E-state index contributed by atoms with van der Waals surface area (Å²) in [5, 5.41) is 12.0. The normalized spacial score (nSPS) is 17.7. The van der Waals surface area contributed by atoms with Crippen molar-refractivity contribution < 1.29 is 28.5 Å². The third-order valence-corrected chi connectivity index (χ3v) is 5.36. The Hall–Kier alpha value is -3.66. The van der Waals surface area contributed by atoms with Crippen LogP contribution >= 0.6 is 0 Å². The first-order chi connectivity index (χ1) is 16.6. The van der Waals surface area contributed by atoms with E-state index in [1.165, 1.54) is 6.26 Å². The number of rotatable bonds is 9. The third kappa shape index (κ3) is 5.45. The van der Waals surface area contributed by atoms with Crippen molar-refractivity contribution in [2.45, 2.75) is 18.6 Å². The summed E-state index contributed by atoms with van der Waals surface area (Å²) in [6, 6.07) is 13.9. The lowest BCUT2D eigenvalue weighted by Crippen LogP contribution is -2.31. The minimum absolute atomic E-state index is 0.00772. The van der Waals surface area contributed by atoms with E-state index in [4.69, 9.17) is 29.5 Å². The molecule has 4 rings (SSSR count). The molecule has 0 aliphatic carbocycles. The number of aliphatic hydroxyl groups excluding tert-OH is 1. The summed E-state index contributed by atoms with van der Waals surface area (Å²) in [5.41, 5.74) is 7.50. The second kappa shape index (κ2) is 11.0. The number of nitrogens with two attached hydrogens (primary N) is 1. The number of allylic oxidation sites excluding steroid dienone is 1. The summed E-state index contributed by atoms with van der Waals surface area (Å²) in [4.78, 5) is 26.1. The summed E-state index contributed by atoms with van der Waals surface area (Å²) >= 11 is 0. The number of amides is 1. The number of nitrogen functional groups attached to an aromatic ring is 1. The Balaban J connectivity index is 1.60. The number of para-hydroxylation sites is 3. The fourth-order valence-electron chi connectivity index (χ4n) is 3.68. The van der Waals surface area contributed by atoms with Gasteiger partial charge >= 0.3 is 0 Å². The molecule has 0 saturated heterocycles. The first-order valence-electron chi connectivity index (χ1n) is 10.9. The monoisotopic (exact) mass is 466 g/mol. The van der Waals surface area contributed by atoms with E-state index in [2.05, 4.69) is 5.32 Å². The quantitative estimate of drug-likeness (QED) is 0.324. The van der Waals surface area contributed by atoms with Crippen molar-refractivity contribution >= 4 is 28.3 Å². The summed E-state index contributed by atoms with van der Waals surface area (Å²) < 4.78 is 22.4. The maximum absolute atomic E-state index is 13.1. The van der Waals surface area contributed by atoms with Gasteiger partial charge in [0.2, 0.25) is 6.29 Å². The zero-order chi connectivity index (χ0) is 23.9. The van der Waals surface area contributed by atoms with Crippen molar-refractivity contribution in [2.75, 3.05) is 37.5 Å². The van der Waals surface area contributed by atoms with E-state index in [1.807, 2.05) is 0 Å². The molecule has 1 aliphatic heterocycles. The number of hydrogen-bond donors (Lipinski definition) is 3. The van der Waals surface area contributed by atoms with E-state index in [-0.39, 0.29) is 37.6 Å². The number of hydrogen-bond acceptors (Lipinski definition) is 8. The van der Waals surface area contributed by atoms with Crippen LogP contribution in [0.1, 0.15) is 17.9 Å². The Morgan fingerprint density at radius 3 is 2.74 bits per heavy atom. The van der Waals surface area contributed by atoms with Crippen LogP contribution in [0.15, 0.2) is 75.8 Å². The molecule has 34 heavy (non-hydrogen) atoms. The molecule has 2 heterocycles. The van der Waals surface area contributed by atoms with E-state index in [0.717, 1.165) is 0 Å². The van der Waals surface area contributed by atoms with Gasteiger partial charge in [-0.3, -0.25) is 9.59 Å². The smallest absolute Gasteiger partial charge is 0.290 e. The van der Waals surface area contributed by atoms with Crippen molar-refractivity contribution in [3.8, 4) is 0 Å². The van der Waals surface area contributed by atoms with Gasteiger partial charge in [-0.2, -0.15) is 0 Å². The molecule has 2 atom stereocenters. The van der Waals surface area contributed by atoms with Crippen LogP contribution < -0.4 is 16.5 Å². The van der Waals surface area contributed by atoms with Crippen LogP contribution in [-0.2, 0) is 19.0 Å². The second-order valence-electron chi connectivity index (χ2n) is 7.68. The van der Waals surface area contributed by atoms with Crippen LogP contribution in [0.5, 0.6) is 0 Å². The summed E-state index contributed by atoms with van der Waals surface area (Å²) in [7, 11) is 0. The molecule has 0 fully saturated rings. The first kappa shape index (κ1) is 23.5. The Kier molecular flexibility index (Phi) is 7.58. The Morgan fingerprint density at radius 2 is 1.91 bits per heavy atom. The average Bonchev–Trinajstić information content (AvgIpc) is 2.85. The fraction of sp³-hybridized carbons (Fsp3) is 0.280. The molecule has 1 aliphatic rings. The predicted molar refractivity (Wildman–Crippen MR) is 126 cm³/mol. The topological polar surface area (TPSA) is 133 Å². The largest absolute Gasteiger partial charge is 0.464 e. The highest BCUT2D eigenvalue weighted by Crippen LogP contribution is 2.31. The zero-order valence-corrected chi connectivity index (χ0v) is 18.4. The van der Waals surface area contributed by atoms with Crippen LogP contribution in [0, 0.1) is 0 Å². The minimum atomic E-state index is -0.799. The van der Waals surface area contributed by atoms with Gasteiger partial charge in [0.05, 0.1) is 49.5 Å². The molecule has 0 radical (unpaired) electrons. The van der Waals surface area contributed by atoms with E-state index in [0.29, 0.717) is 34.3 Å². The molecule has 0 bridgehead atoms. The van der Waals surface area contributed by atoms with Crippen molar-refractivity contribution in [1.82, 2.24) is 0 Å². The molecule has 1 aromatic heterocycles. The van der Waals surface area contributed by atoms with Gasteiger partial charge < -0.3 is 34.8 Å². The molecule has 2 unspecified atom stereocenters. The third-order valence-electron chi connectivity index (χ3n) is 5.36. The summed E-state index contributed by atoms with van der Waals surface area (Å²) in [6.07, 6.45) is 2.52. The molecule has 0 spiro atoms. The Labute approximate surface area is 195 Å². The second-order valence-corrected chi connectivity index (χ2v) is 7.68. The lowest BCUT2D eigenvalue weighted by Gasteiger charge is -2.29. The van der Waals surface area contributed by atoms with Crippen LogP contribution in [0.25, 0.3) is 11.0 Å². The molecular formula is C25H26N2O7. The van der Waals surface area contributed by atoms with Crippen LogP contribution in [0.4, 0.5) is 11.4 Å². The molecule has 3 aromatic rings. The number of anilines is 2. The van der Waals surface area contributed by atoms with Crippen LogP contribution in [0.3, 0.4) is 0 Å². The van der Waals surface area contributed by atoms with Gasteiger partial charge in [0, 0.05) is 17.9 Å². The standard InChI is InChI=1S/C25H26N2O7/c26-19-6-2-3-7-20(19)27-25(30)22-13-16(14-23(34-22)32-12-11-31-10-9-28)18-15-33-21-8-4-1-5-17(21)24(18)29/h1-8,13,15-16,23,28H,9-12,14,26H2,(H,27,30). The number of benzene rings is 2. The van der Waals surface area contributed by atoms with Crippen molar-refractivity contribution in [2.24, 2.45) is 0 Å². The highest BCUT2D eigenvalue weighted by atomic mass is 16.7. The lowest BCUT2D eigenvalue weighted by atomic mass is 9.93. The molecule has 1 amide bonds. The SMILES string of the molecule is Nc1ccccc1NC(=O)C1=CC(c2coc3ccccc3c2=O)CC(OCCOCCO)O1. The highest BCUT2D eigenvalue weighted by molar-refractivity contribution is 6.04. The Bertz CT molecular complexity index is 1240. The van der Waals surface area contributed by atoms with E-state index in [9.17, 15) is 9.59 Å². The van der Waals surface area contributed by atoms with E-state index >= 15 is 0 Å². The van der Waals surface area contributed by atoms with E-state index < -0.39 is 18.1 Å². The van der Waals surface area contributed by atoms with Crippen LogP contribution in [0.2, 0.25) is 0 Å². The summed E-state index contributed by atoms with van der Waals surface area (Å²) in [5.74, 6) is -0.988. The van der Waals surface area contributed by atoms with Gasteiger partial charge in [-0.25, -0.2) is 0 Å². The fourth-order valence-corrected chi connectivity index (χ4v) is 3.68. The molecular weight excluding hydrogens is 440 g/mol. The lowest BCUT2D eigenvalue weighted by molar-refractivity contribution is -0.148. The molecule has 2 aromatic carbocycles. The van der Waals surface area contributed by atoms with Crippen LogP contribution in [-0.4, -0.2) is 43.7 Å². The molecule has 0 saturated carbocycles. The molecule has 4 N–H and O–H groups in total. The van der Waals surface area contributed by atoms with Gasteiger partial charge in [-0.15, -0.1) is 0 Å². The van der Waals surface area contributed by atoms with Crippen molar-refractivity contribution in [3.63, 3.8) is 0 Å². The number of carbonyl (C=O) groups excluding carboxylic acids is 1. The van der Waals surface area contributed by atoms with E-state index in [1.54, 1.807) is 54.6 Å². The highest BCUT2D eigenvalue weighted by Gasteiger charge is 2.31. The minimum Gasteiger partial charge on any atom is -0.464 e. The zero-order valence-electron chi connectivity index (χ0n) is 18.4. The van der Waals surface area contributed by atoms with Gasteiger partial charge in [-0.1, -0.05) is 24.3 Å². The van der Waals surface area contributed by atoms with Gasteiger partial charge in [0.15, 0.2) is 11.2 Å². The van der Waals surface area contributed by atoms with Gasteiger partial charge in [-0.05, 0) is 30.3 Å². The first-order valence-corrected chi connectivity index (χ1v) is 10.9. The maximum Gasteiger partial charge on any atom is 0.290 e. The predicted octanol–water partition coefficient (Wildman–Crippen LogP) is 2.75. The number of aliphatic hydroxyl groups is 1. The number of ether oxygens (including phenoxy) is 3. The number of carbonyl (C=O) groups is 1. The number of nitrogens with one attached hydrogen (secondary N) is 1. The summed E-state index contributed by atoms with van der Waals surface area (Å²) in [6.45, 7) is 0.538. The Morgan fingerprint density at radius 1 is 1.12 bits per heavy atom. The van der Waals surface area contributed by atoms with Crippen molar-refractivity contribution in [1.29, 1.82) is 0 Å². The van der Waals surface area contributed by atoms with Crippen molar-refractivity contribution in [3.05, 3.63) is 82.4 Å².